The van der Waals surface area contributed by atoms with Crippen LogP contribution in [0, 0.1) is 11.3 Å². The minimum Gasteiger partial charge on any atom is -0.493 e. The van der Waals surface area contributed by atoms with E-state index in [1.807, 2.05) is 36.4 Å². The lowest BCUT2D eigenvalue weighted by molar-refractivity contribution is 0.348. The van der Waals surface area contributed by atoms with Crippen LogP contribution >= 0.6 is 15.9 Å². The minimum absolute atomic E-state index is 0.0173. The summed E-state index contributed by atoms with van der Waals surface area (Å²) in [5.74, 6) is 0.892. The van der Waals surface area contributed by atoms with E-state index in [0.717, 1.165) is 21.3 Å². The zero-order chi connectivity index (χ0) is 20.5. The first-order chi connectivity index (χ1) is 14.1. The number of allylic oxidation sites excluding steroid dienone is 1. The van der Waals surface area contributed by atoms with Crippen LogP contribution < -0.4 is 19.9 Å². The highest BCUT2D eigenvalue weighted by molar-refractivity contribution is 9.10. The van der Waals surface area contributed by atoms with E-state index in [1.54, 1.807) is 20.3 Å². The Morgan fingerprint density at radius 1 is 1.17 bits per heavy atom. The first-order valence-electron chi connectivity index (χ1n) is 8.71. The van der Waals surface area contributed by atoms with E-state index in [9.17, 15) is 5.26 Å². The average Bonchev–Trinajstić information content (AvgIpc) is 3.15. The Morgan fingerprint density at radius 3 is 2.59 bits per heavy atom. The predicted molar refractivity (Wildman–Crippen MR) is 111 cm³/mol. The molecule has 0 saturated heterocycles. The van der Waals surface area contributed by atoms with Crippen molar-refractivity contribution in [1.82, 2.24) is 10.2 Å². The van der Waals surface area contributed by atoms with Crippen molar-refractivity contribution in [2.45, 2.75) is 5.92 Å². The van der Waals surface area contributed by atoms with Gasteiger partial charge in [0.1, 0.15) is 11.6 Å². The molecule has 7 nitrogen and oxygen atoms in total. The summed E-state index contributed by atoms with van der Waals surface area (Å²) in [5, 5.41) is 17.2. The Morgan fingerprint density at radius 2 is 1.93 bits per heavy atom. The molecule has 1 aliphatic heterocycles. The molecule has 1 unspecified atom stereocenters. The quantitative estimate of drug-likeness (QED) is 0.617. The third-order valence-electron chi connectivity index (χ3n) is 4.82. The first kappa shape index (κ1) is 18.9. The first-order valence-corrected chi connectivity index (χ1v) is 9.51. The van der Waals surface area contributed by atoms with Crippen LogP contribution in [-0.2, 0) is 0 Å². The van der Waals surface area contributed by atoms with Crippen molar-refractivity contribution in [2.24, 2.45) is 5.73 Å². The molecule has 0 aliphatic carbocycles. The number of nitriles is 1. The highest BCUT2D eigenvalue weighted by atomic mass is 79.9. The molecule has 0 radical (unpaired) electrons. The van der Waals surface area contributed by atoms with Gasteiger partial charge in [-0.15, -0.1) is 5.10 Å². The lowest BCUT2D eigenvalue weighted by atomic mass is 9.82. The van der Waals surface area contributed by atoms with Crippen LogP contribution in [0.3, 0.4) is 0 Å². The van der Waals surface area contributed by atoms with Gasteiger partial charge >= 0.3 is 0 Å². The van der Waals surface area contributed by atoms with Crippen LogP contribution in [-0.4, -0.2) is 24.4 Å². The third kappa shape index (κ3) is 3.09. The topological polar surface area (TPSA) is 106 Å². The molecule has 29 heavy (non-hydrogen) atoms. The molecule has 2 heterocycles. The number of aromatic nitrogens is 2. The monoisotopic (exact) mass is 452 g/mol. The minimum atomic E-state index is -0.536. The fourth-order valence-electron chi connectivity index (χ4n) is 3.53. The number of hydrogen-bond acceptors (Lipinski definition) is 6. The molecular weight excluding hydrogens is 436 g/mol. The van der Waals surface area contributed by atoms with E-state index in [0.29, 0.717) is 22.9 Å². The second kappa shape index (κ2) is 7.53. The number of aromatic amines is 1. The molecule has 3 aromatic rings. The number of nitrogens with two attached hydrogens (primary N) is 1. The van der Waals surface area contributed by atoms with Crippen LogP contribution in [0.4, 0.5) is 0 Å². The van der Waals surface area contributed by atoms with E-state index < -0.39 is 5.92 Å². The zero-order valence-corrected chi connectivity index (χ0v) is 17.3. The van der Waals surface area contributed by atoms with Crippen LogP contribution in [0.25, 0.3) is 11.3 Å². The molecule has 0 fully saturated rings. The molecule has 0 spiro atoms. The summed E-state index contributed by atoms with van der Waals surface area (Å²) in [7, 11) is 3.13. The number of hydrogen-bond donors (Lipinski definition) is 2. The molecule has 0 bridgehead atoms. The number of ether oxygens (including phenoxy) is 3. The molecular formula is C21H17BrN4O3. The van der Waals surface area contributed by atoms with Gasteiger partial charge in [-0.3, -0.25) is 5.10 Å². The number of para-hydroxylation sites is 1. The van der Waals surface area contributed by atoms with E-state index in [-0.39, 0.29) is 11.5 Å². The third-order valence-corrected chi connectivity index (χ3v) is 5.34. The van der Waals surface area contributed by atoms with Gasteiger partial charge in [-0.2, -0.15) is 5.26 Å². The van der Waals surface area contributed by atoms with Crippen molar-refractivity contribution in [3.8, 4) is 34.7 Å². The summed E-state index contributed by atoms with van der Waals surface area (Å²) in [6.07, 6.45) is 0. The molecule has 1 atom stereocenters. The number of benzene rings is 2. The van der Waals surface area contributed by atoms with Gasteiger partial charge in [0.25, 0.3) is 0 Å². The summed E-state index contributed by atoms with van der Waals surface area (Å²) >= 11 is 3.45. The molecule has 4 rings (SSSR count). The van der Waals surface area contributed by atoms with Gasteiger partial charge in [0.15, 0.2) is 11.5 Å². The average molecular weight is 453 g/mol. The molecule has 146 valence electrons. The van der Waals surface area contributed by atoms with E-state index >= 15 is 0 Å². The highest BCUT2D eigenvalue weighted by Crippen LogP contribution is 2.49. The Labute approximate surface area is 175 Å². The van der Waals surface area contributed by atoms with Gasteiger partial charge < -0.3 is 19.9 Å². The number of H-pyrrole nitrogens is 1. The number of nitrogens with one attached hydrogen (secondary N) is 1. The summed E-state index contributed by atoms with van der Waals surface area (Å²) in [6, 6.07) is 15.5. The Hall–Kier alpha value is -3.44. The smallest absolute Gasteiger partial charge is 0.244 e. The molecule has 8 heteroatoms. The number of halogens is 1. The fourth-order valence-corrected chi connectivity index (χ4v) is 3.80. The number of nitrogens with zero attached hydrogens (tertiary/aromatic N) is 2. The second-order valence-electron chi connectivity index (χ2n) is 6.33. The van der Waals surface area contributed by atoms with Gasteiger partial charge in [0.2, 0.25) is 11.8 Å². The zero-order valence-electron chi connectivity index (χ0n) is 15.7. The molecule has 0 amide bonds. The van der Waals surface area contributed by atoms with E-state index in [2.05, 4.69) is 32.2 Å². The van der Waals surface area contributed by atoms with Crippen LogP contribution in [0.5, 0.6) is 17.4 Å². The second-order valence-corrected chi connectivity index (χ2v) is 7.25. The van der Waals surface area contributed by atoms with Crippen molar-refractivity contribution >= 4 is 15.9 Å². The normalized spacial score (nSPS) is 15.3. The van der Waals surface area contributed by atoms with Gasteiger partial charge in [0, 0.05) is 15.6 Å². The maximum atomic E-state index is 9.87. The van der Waals surface area contributed by atoms with Crippen molar-refractivity contribution in [2.75, 3.05) is 14.2 Å². The van der Waals surface area contributed by atoms with E-state index in [1.165, 1.54) is 0 Å². The highest BCUT2D eigenvalue weighted by Gasteiger charge is 2.37. The van der Waals surface area contributed by atoms with Gasteiger partial charge in [0.05, 0.1) is 31.4 Å². The summed E-state index contributed by atoms with van der Waals surface area (Å²) in [5.41, 5.74) is 9.43. The van der Waals surface area contributed by atoms with Crippen molar-refractivity contribution in [1.29, 1.82) is 5.26 Å². The fraction of sp³-hybridized carbons (Fsp3) is 0.143. The Balaban J connectivity index is 1.99. The predicted octanol–water partition coefficient (Wildman–Crippen LogP) is 4.07. The molecule has 0 saturated carbocycles. The van der Waals surface area contributed by atoms with Crippen molar-refractivity contribution < 1.29 is 14.2 Å². The summed E-state index contributed by atoms with van der Waals surface area (Å²) in [4.78, 5) is 0. The van der Waals surface area contributed by atoms with Crippen LogP contribution in [0.15, 0.2) is 58.4 Å². The number of methoxy groups -OCH3 is 2. The Kier molecular flexibility index (Phi) is 4.91. The van der Waals surface area contributed by atoms with Crippen LogP contribution in [0.1, 0.15) is 17.0 Å². The van der Waals surface area contributed by atoms with Gasteiger partial charge in [-0.05, 0) is 18.2 Å². The molecule has 2 aromatic carbocycles. The number of rotatable bonds is 4. The SMILES string of the molecule is COc1cccc(C2C(C#N)=C(N)Oc3n[nH]c(-c4ccc(Br)cc4)c32)c1OC. The summed E-state index contributed by atoms with van der Waals surface area (Å²) in [6.45, 7) is 0. The van der Waals surface area contributed by atoms with Crippen LogP contribution in [0.2, 0.25) is 0 Å². The lowest BCUT2D eigenvalue weighted by Gasteiger charge is -2.26. The lowest BCUT2D eigenvalue weighted by Crippen LogP contribution is -2.21. The maximum Gasteiger partial charge on any atom is 0.244 e. The van der Waals surface area contributed by atoms with Gasteiger partial charge in [-0.25, -0.2) is 0 Å². The standard InChI is InChI=1S/C21H17BrN4O3/c1-27-15-5-3-4-13(19(15)28-2)16-14(10-23)20(24)29-21-17(16)18(25-26-21)11-6-8-12(22)9-7-11/h3-9,16H,24H2,1-2H3,(H,25,26). The molecule has 1 aliphatic rings. The largest absolute Gasteiger partial charge is 0.493 e. The van der Waals surface area contributed by atoms with Gasteiger partial charge in [-0.1, -0.05) is 40.2 Å². The van der Waals surface area contributed by atoms with Crippen molar-refractivity contribution in [3.63, 3.8) is 0 Å². The maximum absolute atomic E-state index is 9.87. The molecule has 3 N–H and O–H groups in total. The Bertz CT molecular complexity index is 1150. The van der Waals surface area contributed by atoms with Crippen molar-refractivity contribution in [3.05, 3.63) is 69.5 Å². The summed E-state index contributed by atoms with van der Waals surface area (Å²) < 4.78 is 17.7. The molecule has 1 aromatic heterocycles. The van der Waals surface area contributed by atoms with E-state index in [4.69, 9.17) is 19.9 Å². The number of fused-ring (bicyclic) bond motifs is 1.